The highest BCUT2D eigenvalue weighted by molar-refractivity contribution is 5.74. The summed E-state index contributed by atoms with van der Waals surface area (Å²) >= 11 is 0. The number of nitrogens with zero attached hydrogens (tertiary/aromatic N) is 3. The van der Waals surface area contributed by atoms with E-state index in [-0.39, 0.29) is 6.03 Å². The number of hydrogen-bond donors (Lipinski definition) is 2. The van der Waals surface area contributed by atoms with Gasteiger partial charge in [-0.15, -0.1) is 0 Å². The molecular formula is C15H21N5O. The first-order chi connectivity index (χ1) is 10.3. The van der Waals surface area contributed by atoms with Crippen LogP contribution in [0.15, 0.2) is 36.9 Å². The Morgan fingerprint density at radius 1 is 1.43 bits per heavy atom. The van der Waals surface area contributed by atoms with Crippen molar-refractivity contribution >= 4 is 6.03 Å². The highest BCUT2D eigenvalue weighted by Crippen LogP contribution is 2.05. The van der Waals surface area contributed by atoms with E-state index >= 15 is 0 Å². The summed E-state index contributed by atoms with van der Waals surface area (Å²) in [7, 11) is 0. The Morgan fingerprint density at radius 3 is 3.00 bits per heavy atom. The molecule has 2 aromatic heterocycles. The van der Waals surface area contributed by atoms with E-state index in [1.54, 1.807) is 24.8 Å². The Bertz CT molecular complexity index is 526. The van der Waals surface area contributed by atoms with E-state index in [1.165, 1.54) is 0 Å². The van der Waals surface area contributed by atoms with Crippen molar-refractivity contribution in [1.82, 2.24) is 25.2 Å². The second kappa shape index (κ2) is 8.04. The van der Waals surface area contributed by atoms with Gasteiger partial charge in [0.15, 0.2) is 0 Å². The van der Waals surface area contributed by atoms with E-state index in [0.717, 1.165) is 30.8 Å². The highest BCUT2D eigenvalue weighted by atomic mass is 16.2. The SMILES string of the molecule is CCCCN(Cc1cccnc1)C(=O)NCc1ncc[nH]1. The van der Waals surface area contributed by atoms with Crippen LogP contribution in [0.1, 0.15) is 31.2 Å². The molecule has 0 aliphatic carbocycles. The van der Waals surface area contributed by atoms with Gasteiger partial charge in [0.05, 0.1) is 6.54 Å². The zero-order valence-electron chi connectivity index (χ0n) is 12.2. The largest absolute Gasteiger partial charge is 0.347 e. The Labute approximate surface area is 124 Å². The third-order valence-corrected chi connectivity index (χ3v) is 3.13. The van der Waals surface area contributed by atoms with Gasteiger partial charge in [-0.25, -0.2) is 9.78 Å². The smallest absolute Gasteiger partial charge is 0.318 e. The maximum Gasteiger partial charge on any atom is 0.318 e. The fourth-order valence-electron chi connectivity index (χ4n) is 1.98. The normalized spacial score (nSPS) is 10.3. The number of H-pyrrole nitrogens is 1. The van der Waals surface area contributed by atoms with Crippen LogP contribution >= 0.6 is 0 Å². The predicted octanol–water partition coefficient (Wildman–Crippen LogP) is 2.32. The van der Waals surface area contributed by atoms with Crippen molar-refractivity contribution < 1.29 is 4.79 Å². The van der Waals surface area contributed by atoms with Crippen LogP contribution in [0.4, 0.5) is 4.79 Å². The molecule has 2 rings (SSSR count). The van der Waals surface area contributed by atoms with Crippen LogP contribution in [0, 0.1) is 0 Å². The number of rotatable bonds is 7. The summed E-state index contributed by atoms with van der Waals surface area (Å²) < 4.78 is 0. The Morgan fingerprint density at radius 2 is 2.33 bits per heavy atom. The topological polar surface area (TPSA) is 73.9 Å². The van der Waals surface area contributed by atoms with Gasteiger partial charge in [-0.2, -0.15) is 0 Å². The summed E-state index contributed by atoms with van der Waals surface area (Å²) in [5.74, 6) is 0.750. The lowest BCUT2D eigenvalue weighted by atomic mass is 10.2. The molecule has 0 radical (unpaired) electrons. The zero-order chi connectivity index (χ0) is 14.9. The number of amides is 2. The van der Waals surface area contributed by atoms with E-state index in [4.69, 9.17) is 0 Å². The number of nitrogens with one attached hydrogen (secondary N) is 2. The quantitative estimate of drug-likeness (QED) is 0.820. The number of carbonyl (C=O) groups excluding carboxylic acids is 1. The second-order valence-electron chi connectivity index (χ2n) is 4.83. The Hall–Kier alpha value is -2.37. The molecule has 0 aromatic carbocycles. The number of pyridine rings is 1. The van der Waals surface area contributed by atoms with Gasteiger partial charge in [0.1, 0.15) is 5.82 Å². The average Bonchev–Trinajstić information content (AvgIpc) is 3.03. The zero-order valence-corrected chi connectivity index (χ0v) is 12.2. The minimum absolute atomic E-state index is 0.0799. The van der Waals surface area contributed by atoms with Gasteiger partial charge in [0.25, 0.3) is 0 Å². The number of hydrogen-bond acceptors (Lipinski definition) is 3. The lowest BCUT2D eigenvalue weighted by Gasteiger charge is -2.22. The van der Waals surface area contributed by atoms with Gasteiger partial charge in [-0.3, -0.25) is 4.98 Å². The summed E-state index contributed by atoms with van der Waals surface area (Å²) in [6, 6.07) is 3.78. The first kappa shape index (κ1) is 15.0. The molecule has 0 unspecified atom stereocenters. The standard InChI is InChI=1S/C15H21N5O/c1-2-3-9-20(12-13-5-4-6-16-10-13)15(21)19-11-14-17-7-8-18-14/h4-8,10H,2-3,9,11-12H2,1H3,(H,17,18)(H,19,21). The van der Waals surface area contributed by atoms with Gasteiger partial charge in [0, 0.05) is 37.9 Å². The van der Waals surface area contributed by atoms with Crippen LogP contribution < -0.4 is 5.32 Å². The molecule has 2 heterocycles. The molecule has 6 nitrogen and oxygen atoms in total. The number of aromatic amines is 1. The number of imidazole rings is 1. The van der Waals surface area contributed by atoms with Crippen molar-refractivity contribution in [2.45, 2.75) is 32.9 Å². The fourth-order valence-corrected chi connectivity index (χ4v) is 1.98. The van der Waals surface area contributed by atoms with Crippen LogP contribution in [0.5, 0.6) is 0 Å². The van der Waals surface area contributed by atoms with E-state index in [0.29, 0.717) is 13.1 Å². The van der Waals surface area contributed by atoms with Gasteiger partial charge in [-0.05, 0) is 18.1 Å². The van der Waals surface area contributed by atoms with Crippen molar-refractivity contribution in [3.63, 3.8) is 0 Å². The fraction of sp³-hybridized carbons (Fsp3) is 0.400. The summed E-state index contributed by atoms with van der Waals surface area (Å²) in [4.78, 5) is 25.3. The highest BCUT2D eigenvalue weighted by Gasteiger charge is 2.13. The minimum atomic E-state index is -0.0799. The molecule has 6 heteroatoms. The molecule has 2 N–H and O–H groups in total. The second-order valence-corrected chi connectivity index (χ2v) is 4.83. The molecule has 0 aliphatic heterocycles. The molecule has 0 fully saturated rings. The van der Waals surface area contributed by atoms with Crippen LogP contribution in [0.25, 0.3) is 0 Å². The number of carbonyl (C=O) groups is 1. The maximum atomic E-state index is 12.3. The van der Waals surface area contributed by atoms with E-state index < -0.39 is 0 Å². The number of aromatic nitrogens is 3. The van der Waals surface area contributed by atoms with Crippen molar-refractivity contribution in [2.75, 3.05) is 6.54 Å². The third-order valence-electron chi connectivity index (χ3n) is 3.13. The summed E-state index contributed by atoms with van der Waals surface area (Å²) in [5.41, 5.74) is 1.03. The van der Waals surface area contributed by atoms with Gasteiger partial charge in [0.2, 0.25) is 0 Å². The molecule has 0 aliphatic rings. The third kappa shape index (κ3) is 4.91. The predicted molar refractivity (Wildman–Crippen MR) is 80.4 cm³/mol. The lowest BCUT2D eigenvalue weighted by molar-refractivity contribution is 0.193. The molecule has 0 atom stereocenters. The molecule has 0 saturated carbocycles. The lowest BCUT2D eigenvalue weighted by Crippen LogP contribution is -2.39. The van der Waals surface area contributed by atoms with E-state index in [1.807, 2.05) is 17.0 Å². The van der Waals surface area contributed by atoms with Crippen molar-refractivity contribution in [1.29, 1.82) is 0 Å². The molecule has 112 valence electrons. The van der Waals surface area contributed by atoms with Crippen molar-refractivity contribution in [2.24, 2.45) is 0 Å². The first-order valence-corrected chi connectivity index (χ1v) is 7.19. The van der Waals surface area contributed by atoms with Crippen LogP contribution in [0.2, 0.25) is 0 Å². The van der Waals surface area contributed by atoms with Gasteiger partial charge < -0.3 is 15.2 Å². The molecule has 21 heavy (non-hydrogen) atoms. The molecule has 2 aromatic rings. The number of unbranched alkanes of at least 4 members (excludes halogenated alkanes) is 1. The van der Waals surface area contributed by atoms with Crippen LogP contribution in [0.3, 0.4) is 0 Å². The van der Waals surface area contributed by atoms with Crippen molar-refractivity contribution in [3.05, 3.63) is 48.3 Å². The Kier molecular flexibility index (Phi) is 5.75. The monoisotopic (exact) mass is 287 g/mol. The maximum absolute atomic E-state index is 12.3. The van der Waals surface area contributed by atoms with Crippen LogP contribution in [-0.2, 0) is 13.1 Å². The van der Waals surface area contributed by atoms with Gasteiger partial charge >= 0.3 is 6.03 Å². The molecule has 0 saturated heterocycles. The molecule has 2 amide bonds. The van der Waals surface area contributed by atoms with Gasteiger partial charge in [-0.1, -0.05) is 19.4 Å². The van der Waals surface area contributed by atoms with E-state index in [9.17, 15) is 4.79 Å². The molecular weight excluding hydrogens is 266 g/mol. The Balaban J connectivity index is 1.92. The first-order valence-electron chi connectivity index (χ1n) is 7.19. The average molecular weight is 287 g/mol. The van der Waals surface area contributed by atoms with Crippen molar-refractivity contribution in [3.8, 4) is 0 Å². The molecule has 0 spiro atoms. The van der Waals surface area contributed by atoms with E-state index in [2.05, 4.69) is 27.2 Å². The number of urea groups is 1. The summed E-state index contributed by atoms with van der Waals surface area (Å²) in [5, 5.41) is 2.89. The summed E-state index contributed by atoms with van der Waals surface area (Å²) in [6.07, 6.45) is 8.97. The van der Waals surface area contributed by atoms with Crippen LogP contribution in [-0.4, -0.2) is 32.4 Å². The summed E-state index contributed by atoms with van der Waals surface area (Å²) in [6.45, 7) is 3.82. The molecule has 0 bridgehead atoms. The minimum Gasteiger partial charge on any atom is -0.347 e.